The van der Waals surface area contributed by atoms with Crippen molar-refractivity contribution >= 4 is 11.7 Å². The van der Waals surface area contributed by atoms with E-state index in [1.165, 1.54) is 12.1 Å². The van der Waals surface area contributed by atoms with E-state index < -0.39 is 0 Å². The molecule has 0 spiro atoms. The number of carbonyl (C=O) groups excluding carboxylic acids is 1. The van der Waals surface area contributed by atoms with Crippen molar-refractivity contribution in [2.75, 3.05) is 5.32 Å². The monoisotopic (exact) mass is 316 g/mol. The van der Waals surface area contributed by atoms with Crippen LogP contribution >= 0.6 is 0 Å². The van der Waals surface area contributed by atoms with Gasteiger partial charge in [-0.25, -0.2) is 14.4 Å². The number of nitrogens with one attached hydrogen (secondary N) is 2. The van der Waals surface area contributed by atoms with Gasteiger partial charge in [0.1, 0.15) is 23.2 Å². The molecule has 0 saturated heterocycles. The molecule has 0 aliphatic carbocycles. The Morgan fingerprint density at radius 2 is 1.83 bits per heavy atom. The van der Waals surface area contributed by atoms with E-state index in [2.05, 4.69) is 20.6 Å². The third-order valence-electron chi connectivity index (χ3n) is 2.95. The summed E-state index contributed by atoms with van der Waals surface area (Å²) in [6.07, 6.45) is 0. The fourth-order valence-corrected chi connectivity index (χ4v) is 1.97. The molecular formula is C17H21FN4O. The van der Waals surface area contributed by atoms with Crippen LogP contribution in [0, 0.1) is 12.7 Å². The van der Waals surface area contributed by atoms with Crippen LogP contribution in [0.3, 0.4) is 0 Å². The first-order chi connectivity index (χ1) is 10.7. The third-order valence-corrected chi connectivity index (χ3v) is 2.95. The zero-order valence-electron chi connectivity index (χ0n) is 13.8. The van der Waals surface area contributed by atoms with Crippen molar-refractivity contribution in [2.45, 2.75) is 39.8 Å². The first-order valence-electron chi connectivity index (χ1n) is 7.39. The summed E-state index contributed by atoms with van der Waals surface area (Å²) >= 11 is 0. The van der Waals surface area contributed by atoms with Crippen molar-refractivity contribution in [3.8, 4) is 0 Å². The Balaban J connectivity index is 2.10. The summed E-state index contributed by atoms with van der Waals surface area (Å²) in [7, 11) is 0. The van der Waals surface area contributed by atoms with Gasteiger partial charge in [-0.15, -0.1) is 0 Å². The Labute approximate surface area is 135 Å². The van der Waals surface area contributed by atoms with Crippen LogP contribution in [-0.2, 0) is 6.54 Å². The van der Waals surface area contributed by atoms with Crippen molar-refractivity contribution in [3.63, 3.8) is 0 Å². The summed E-state index contributed by atoms with van der Waals surface area (Å²) < 4.78 is 12.9. The number of halogens is 1. The second-order valence-corrected chi connectivity index (χ2v) is 6.37. The van der Waals surface area contributed by atoms with Crippen LogP contribution in [0.25, 0.3) is 0 Å². The van der Waals surface area contributed by atoms with Crippen LogP contribution in [0.4, 0.5) is 10.2 Å². The summed E-state index contributed by atoms with van der Waals surface area (Å²) in [4.78, 5) is 20.6. The third kappa shape index (κ3) is 5.32. The van der Waals surface area contributed by atoms with E-state index in [0.717, 1.165) is 5.56 Å². The molecule has 5 nitrogen and oxygen atoms in total. The zero-order valence-corrected chi connectivity index (χ0v) is 13.8. The number of anilines is 1. The molecular weight excluding hydrogens is 295 g/mol. The number of aryl methyl sites for hydroxylation is 1. The molecule has 0 fully saturated rings. The van der Waals surface area contributed by atoms with E-state index in [0.29, 0.717) is 23.9 Å². The Morgan fingerprint density at radius 3 is 2.43 bits per heavy atom. The number of hydrogen-bond donors (Lipinski definition) is 2. The Hall–Kier alpha value is -2.50. The van der Waals surface area contributed by atoms with Crippen molar-refractivity contribution in [1.82, 2.24) is 15.3 Å². The predicted octanol–water partition coefficient (Wildman–Crippen LogP) is 3.06. The molecule has 2 rings (SSSR count). The minimum absolute atomic E-state index is 0.243. The first-order valence-corrected chi connectivity index (χ1v) is 7.39. The van der Waals surface area contributed by atoms with Crippen LogP contribution in [0.2, 0.25) is 0 Å². The van der Waals surface area contributed by atoms with E-state index in [-0.39, 0.29) is 17.3 Å². The lowest BCUT2D eigenvalue weighted by Crippen LogP contribution is -2.41. The maximum atomic E-state index is 12.9. The van der Waals surface area contributed by atoms with Crippen LogP contribution in [-0.4, -0.2) is 21.4 Å². The Kier molecular flexibility index (Phi) is 4.93. The largest absolute Gasteiger partial charge is 0.366 e. The average molecular weight is 316 g/mol. The van der Waals surface area contributed by atoms with Crippen LogP contribution in [0.15, 0.2) is 30.3 Å². The summed E-state index contributed by atoms with van der Waals surface area (Å²) in [5.74, 6) is 0.551. The quantitative estimate of drug-likeness (QED) is 0.910. The summed E-state index contributed by atoms with van der Waals surface area (Å²) in [5.41, 5.74) is 0.898. The van der Waals surface area contributed by atoms with Gasteiger partial charge in [-0.1, -0.05) is 12.1 Å². The Morgan fingerprint density at radius 1 is 1.17 bits per heavy atom. The molecule has 0 unspecified atom stereocenters. The van der Waals surface area contributed by atoms with E-state index in [1.54, 1.807) is 25.1 Å². The summed E-state index contributed by atoms with van der Waals surface area (Å²) in [6, 6.07) is 7.82. The molecule has 0 atom stereocenters. The average Bonchev–Trinajstić information content (AvgIpc) is 2.44. The second-order valence-electron chi connectivity index (χ2n) is 6.37. The minimum atomic E-state index is -0.336. The van der Waals surface area contributed by atoms with Crippen LogP contribution < -0.4 is 10.6 Å². The number of hydrogen-bond acceptors (Lipinski definition) is 4. The number of carbonyl (C=O) groups is 1. The molecule has 0 bridgehead atoms. The van der Waals surface area contributed by atoms with Gasteiger partial charge >= 0.3 is 0 Å². The lowest BCUT2D eigenvalue weighted by Gasteiger charge is -2.20. The van der Waals surface area contributed by atoms with E-state index in [9.17, 15) is 9.18 Å². The van der Waals surface area contributed by atoms with Gasteiger partial charge in [0.05, 0.1) is 0 Å². The second kappa shape index (κ2) is 6.73. The normalized spacial score (nSPS) is 11.2. The molecule has 1 aromatic heterocycles. The predicted molar refractivity (Wildman–Crippen MR) is 87.7 cm³/mol. The lowest BCUT2D eigenvalue weighted by atomic mass is 10.1. The highest BCUT2D eigenvalue weighted by molar-refractivity contribution is 5.93. The number of rotatable bonds is 4. The van der Waals surface area contributed by atoms with Crippen LogP contribution in [0.5, 0.6) is 0 Å². The molecule has 1 aromatic carbocycles. The number of nitrogens with zero attached hydrogens (tertiary/aromatic N) is 2. The first kappa shape index (κ1) is 16.9. The van der Waals surface area contributed by atoms with Gasteiger partial charge in [-0.2, -0.15) is 0 Å². The highest BCUT2D eigenvalue weighted by Gasteiger charge is 2.17. The molecule has 6 heteroatoms. The van der Waals surface area contributed by atoms with Gasteiger partial charge in [-0.3, -0.25) is 4.79 Å². The molecule has 1 amide bonds. The maximum absolute atomic E-state index is 12.9. The summed E-state index contributed by atoms with van der Waals surface area (Å²) in [6.45, 7) is 7.94. The van der Waals surface area contributed by atoms with Crippen LogP contribution in [0.1, 0.15) is 42.6 Å². The van der Waals surface area contributed by atoms with Crippen molar-refractivity contribution < 1.29 is 9.18 Å². The fraction of sp³-hybridized carbons (Fsp3) is 0.353. The molecule has 1 heterocycles. The fourth-order valence-electron chi connectivity index (χ4n) is 1.97. The molecule has 0 aliphatic rings. The highest BCUT2D eigenvalue weighted by atomic mass is 19.1. The summed E-state index contributed by atoms with van der Waals surface area (Å²) in [5, 5.41) is 6.00. The molecule has 23 heavy (non-hydrogen) atoms. The van der Waals surface area contributed by atoms with Gasteiger partial charge in [-0.05, 0) is 45.4 Å². The lowest BCUT2D eigenvalue weighted by molar-refractivity contribution is 0.0914. The van der Waals surface area contributed by atoms with Gasteiger partial charge < -0.3 is 10.6 Å². The molecule has 2 aromatic rings. The van der Waals surface area contributed by atoms with Gasteiger partial charge in [0, 0.05) is 18.2 Å². The molecule has 0 radical (unpaired) electrons. The minimum Gasteiger partial charge on any atom is -0.366 e. The number of benzene rings is 1. The molecule has 2 N–H and O–H groups in total. The molecule has 0 aliphatic heterocycles. The molecule has 122 valence electrons. The van der Waals surface area contributed by atoms with E-state index in [1.807, 2.05) is 20.8 Å². The standard InChI is InChI=1S/C17H21FN4O/c1-11-20-14(16(23)22-17(2,3)4)9-15(21-11)19-10-12-5-7-13(18)8-6-12/h5-9H,10H2,1-4H3,(H,22,23)(H,19,20,21). The zero-order chi connectivity index (χ0) is 17.0. The maximum Gasteiger partial charge on any atom is 0.270 e. The number of aromatic nitrogens is 2. The van der Waals surface area contributed by atoms with Crippen molar-refractivity contribution in [1.29, 1.82) is 0 Å². The van der Waals surface area contributed by atoms with Gasteiger partial charge in [0.2, 0.25) is 0 Å². The van der Waals surface area contributed by atoms with E-state index in [4.69, 9.17) is 0 Å². The highest BCUT2D eigenvalue weighted by Crippen LogP contribution is 2.11. The van der Waals surface area contributed by atoms with E-state index >= 15 is 0 Å². The van der Waals surface area contributed by atoms with Crippen molar-refractivity contribution in [2.24, 2.45) is 0 Å². The Bertz CT molecular complexity index is 693. The number of amides is 1. The van der Waals surface area contributed by atoms with Gasteiger partial charge in [0.25, 0.3) is 5.91 Å². The topological polar surface area (TPSA) is 66.9 Å². The van der Waals surface area contributed by atoms with Crippen molar-refractivity contribution in [3.05, 3.63) is 53.2 Å². The molecule has 0 saturated carbocycles. The SMILES string of the molecule is Cc1nc(NCc2ccc(F)cc2)cc(C(=O)NC(C)(C)C)n1. The smallest absolute Gasteiger partial charge is 0.270 e. The van der Waals surface area contributed by atoms with Gasteiger partial charge in [0.15, 0.2) is 0 Å².